The number of ether oxygens (including phenoxy) is 3. The molecule has 0 bridgehead atoms. The maximum Gasteiger partial charge on any atom is 0.338 e. The van der Waals surface area contributed by atoms with Crippen LogP contribution in [0.25, 0.3) is 0 Å². The van der Waals surface area contributed by atoms with Crippen LogP contribution in [0, 0.1) is 0 Å². The van der Waals surface area contributed by atoms with E-state index in [0.29, 0.717) is 24.8 Å². The Hall–Kier alpha value is -2.77. The van der Waals surface area contributed by atoms with Gasteiger partial charge in [0.2, 0.25) is 0 Å². The van der Waals surface area contributed by atoms with Crippen LogP contribution in [0.3, 0.4) is 0 Å². The summed E-state index contributed by atoms with van der Waals surface area (Å²) in [5.74, 6) is -0.361. The lowest BCUT2D eigenvalue weighted by Gasteiger charge is -2.42. The van der Waals surface area contributed by atoms with Gasteiger partial charge < -0.3 is 19.0 Å². The summed E-state index contributed by atoms with van der Waals surface area (Å²) in [6, 6.07) is 29.0. The van der Waals surface area contributed by atoms with Gasteiger partial charge in [0.05, 0.1) is 11.7 Å². The van der Waals surface area contributed by atoms with E-state index in [0.717, 1.165) is 10.4 Å². The molecule has 0 aliphatic carbocycles. The Morgan fingerprint density at radius 2 is 1.46 bits per heavy atom. The number of esters is 1. The Morgan fingerprint density at radius 1 is 0.943 bits per heavy atom. The molecular formula is C29H34O5Si. The number of carbonyl (C=O) groups is 1. The molecule has 1 fully saturated rings. The van der Waals surface area contributed by atoms with Crippen LogP contribution < -0.4 is 10.4 Å². The summed E-state index contributed by atoms with van der Waals surface area (Å²) in [5.41, 5.74) is 0.516. The van der Waals surface area contributed by atoms with Crippen LogP contribution in [0.5, 0.6) is 0 Å². The topological polar surface area (TPSA) is 65.0 Å². The van der Waals surface area contributed by atoms with Gasteiger partial charge in [-0.15, -0.1) is 0 Å². The van der Waals surface area contributed by atoms with E-state index in [9.17, 15) is 9.59 Å². The molecule has 3 aromatic rings. The van der Waals surface area contributed by atoms with E-state index in [1.807, 2.05) is 78.9 Å². The van der Waals surface area contributed by atoms with Crippen LogP contribution >= 0.6 is 0 Å². The van der Waals surface area contributed by atoms with Crippen molar-refractivity contribution in [1.82, 2.24) is 0 Å². The molecule has 0 aromatic heterocycles. The first-order valence-corrected chi connectivity index (χ1v) is 14.1. The molecule has 3 atom stereocenters. The van der Waals surface area contributed by atoms with Gasteiger partial charge in [0.25, 0.3) is 8.32 Å². The maximum absolute atomic E-state index is 12.7. The first-order chi connectivity index (χ1) is 16.8. The molecule has 1 aliphatic heterocycles. The fraction of sp³-hybridized carbons (Fsp3) is 0.345. The number of benzene rings is 3. The Morgan fingerprint density at radius 3 is 1.97 bits per heavy atom. The minimum Gasteiger partial charge on any atom is -0.456 e. The summed E-state index contributed by atoms with van der Waals surface area (Å²) in [4.78, 5) is 25.1. The Bertz CT molecular complexity index is 1050. The van der Waals surface area contributed by atoms with Crippen LogP contribution in [0.15, 0.2) is 91.0 Å². The normalized spacial score (nSPS) is 20.5. The molecule has 0 spiro atoms. The highest BCUT2D eigenvalue weighted by atomic mass is 28.4. The summed E-state index contributed by atoms with van der Waals surface area (Å²) in [6.45, 7) is 4.26. The molecular weight excluding hydrogens is 456 g/mol. The summed E-state index contributed by atoms with van der Waals surface area (Å²) < 4.78 is 17.4. The lowest BCUT2D eigenvalue weighted by Crippen LogP contribution is -2.65. The zero-order valence-electron chi connectivity index (χ0n) is 20.6. The maximum atomic E-state index is 12.7. The molecule has 1 aliphatic rings. The first kappa shape index (κ1) is 25.3. The Balaban J connectivity index is 1.54. The molecule has 3 aromatic carbocycles. The van der Waals surface area contributed by atoms with Crippen molar-refractivity contribution in [2.45, 2.75) is 56.6 Å². The molecule has 0 saturated carbocycles. The van der Waals surface area contributed by atoms with E-state index in [4.69, 9.17) is 14.2 Å². The van der Waals surface area contributed by atoms with Gasteiger partial charge in [0.1, 0.15) is 6.10 Å². The SMILES string of the molecule is COC1CC(OC(=O)c2ccccc2)[C@@H](CCC(C)(C)[Si](O)(c2ccccc2)c2ccccc2)O1. The van der Waals surface area contributed by atoms with Crippen molar-refractivity contribution in [1.29, 1.82) is 0 Å². The van der Waals surface area contributed by atoms with Gasteiger partial charge in [-0.1, -0.05) is 92.7 Å². The molecule has 5 nitrogen and oxygen atoms in total. The molecule has 0 radical (unpaired) electrons. The molecule has 35 heavy (non-hydrogen) atoms. The van der Waals surface area contributed by atoms with Crippen molar-refractivity contribution >= 4 is 24.7 Å². The molecule has 4 rings (SSSR count). The van der Waals surface area contributed by atoms with Crippen molar-refractivity contribution < 1.29 is 23.8 Å². The van der Waals surface area contributed by atoms with Crippen molar-refractivity contribution in [2.24, 2.45) is 0 Å². The Labute approximate surface area is 208 Å². The van der Waals surface area contributed by atoms with Gasteiger partial charge in [-0.2, -0.15) is 0 Å². The number of hydrogen-bond donors (Lipinski definition) is 1. The number of rotatable bonds is 9. The van der Waals surface area contributed by atoms with Crippen LogP contribution in [0.2, 0.25) is 5.04 Å². The standard InChI is InChI=1S/C29H34O5Si/c1-29(2,35(31,23-15-9-5-10-16-23)24-17-11-6-12-18-24)20-19-25-26(21-27(32-3)33-25)34-28(30)22-13-7-4-8-14-22/h4-18,25-27,31H,19-21H2,1-3H3/t25-,26?,27?/m1/s1. The summed E-state index contributed by atoms with van der Waals surface area (Å²) in [7, 11) is -1.53. The average Bonchev–Trinajstić information content (AvgIpc) is 3.30. The van der Waals surface area contributed by atoms with Crippen LogP contribution in [-0.4, -0.2) is 44.7 Å². The summed E-state index contributed by atoms with van der Waals surface area (Å²) in [5, 5.41) is 1.54. The molecule has 1 N–H and O–H groups in total. The second-order valence-corrected chi connectivity index (χ2v) is 13.7. The van der Waals surface area contributed by atoms with Gasteiger partial charge >= 0.3 is 5.97 Å². The first-order valence-electron chi connectivity index (χ1n) is 12.1. The van der Waals surface area contributed by atoms with Gasteiger partial charge in [0.15, 0.2) is 6.29 Å². The highest BCUT2D eigenvalue weighted by Crippen LogP contribution is 2.42. The van der Waals surface area contributed by atoms with E-state index >= 15 is 0 Å². The summed E-state index contributed by atoms with van der Waals surface area (Å²) in [6.07, 6.45) is 0.674. The third-order valence-corrected chi connectivity index (χ3v) is 11.7. The van der Waals surface area contributed by atoms with E-state index in [2.05, 4.69) is 13.8 Å². The van der Waals surface area contributed by atoms with E-state index in [1.165, 1.54) is 0 Å². The highest BCUT2D eigenvalue weighted by Gasteiger charge is 2.50. The predicted molar refractivity (Wildman–Crippen MR) is 139 cm³/mol. The van der Waals surface area contributed by atoms with Crippen molar-refractivity contribution in [2.75, 3.05) is 7.11 Å². The molecule has 184 valence electrons. The quantitative estimate of drug-likeness (QED) is 0.358. The predicted octanol–water partition coefficient (Wildman–Crippen LogP) is 4.29. The van der Waals surface area contributed by atoms with Crippen LogP contribution in [0.4, 0.5) is 0 Å². The zero-order chi connectivity index (χ0) is 24.9. The lowest BCUT2D eigenvalue weighted by molar-refractivity contribution is -0.120. The average molecular weight is 491 g/mol. The fourth-order valence-electron chi connectivity index (χ4n) is 4.98. The van der Waals surface area contributed by atoms with Crippen LogP contribution in [-0.2, 0) is 14.2 Å². The minimum absolute atomic E-state index is 0.309. The van der Waals surface area contributed by atoms with Gasteiger partial charge in [-0.25, -0.2) is 4.79 Å². The third kappa shape index (κ3) is 5.41. The van der Waals surface area contributed by atoms with Crippen molar-refractivity contribution in [3.8, 4) is 0 Å². The van der Waals surface area contributed by atoms with Gasteiger partial charge in [-0.3, -0.25) is 0 Å². The Kier molecular flexibility index (Phi) is 7.87. The van der Waals surface area contributed by atoms with E-state index in [-0.39, 0.29) is 12.1 Å². The third-order valence-electron chi connectivity index (χ3n) is 7.11. The molecule has 2 unspecified atom stereocenters. The lowest BCUT2D eigenvalue weighted by atomic mass is 10.0. The van der Waals surface area contributed by atoms with Crippen molar-refractivity contribution in [3.05, 3.63) is 96.6 Å². The number of carbonyl (C=O) groups excluding carboxylic acids is 1. The minimum atomic E-state index is -3.13. The molecule has 6 heteroatoms. The van der Waals surface area contributed by atoms with E-state index in [1.54, 1.807) is 19.2 Å². The highest BCUT2D eigenvalue weighted by molar-refractivity contribution is 6.98. The fourth-order valence-corrected chi connectivity index (χ4v) is 8.73. The molecule has 1 heterocycles. The number of hydrogen-bond acceptors (Lipinski definition) is 5. The summed E-state index contributed by atoms with van der Waals surface area (Å²) >= 11 is 0. The second kappa shape index (κ2) is 10.9. The zero-order valence-corrected chi connectivity index (χ0v) is 21.6. The smallest absolute Gasteiger partial charge is 0.338 e. The van der Waals surface area contributed by atoms with Crippen LogP contribution in [0.1, 0.15) is 43.5 Å². The van der Waals surface area contributed by atoms with Gasteiger partial charge in [-0.05, 0) is 40.4 Å². The molecule has 1 saturated heterocycles. The number of methoxy groups -OCH3 is 1. The van der Waals surface area contributed by atoms with Crippen molar-refractivity contribution in [3.63, 3.8) is 0 Å². The monoisotopic (exact) mass is 490 g/mol. The van der Waals surface area contributed by atoms with E-state index < -0.39 is 25.7 Å². The largest absolute Gasteiger partial charge is 0.456 e. The molecule has 0 amide bonds. The second-order valence-electron chi connectivity index (χ2n) is 9.75. The van der Waals surface area contributed by atoms with Gasteiger partial charge in [0, 0.05) is 13.5 Å².